The first-order valence-electron chi connectivity index (χ1n) is 6.06. The van der Waals surface area contributed by atoms with Crippen molar-refractivity contribution < 1.29 is 0 Å². The van der Waals surface area contributed by atoms with Crippen LogP contribution < -0.4 is 10.6 Å². The standard InChI is InChI=1S/C14H13Cl2N3/c1-8-6-9-4-2-3-5-12(9)19(8)14-11(16)7-10(15)13(17)18-14/h2-5,7-8H,6H2,1H3,(H2,17,18). The second-order valence-corrected chi connectivity index (χ2v) is 5.53. The highest BCUT2D eigenvalue weighted by atomic mass is 35.5. The molecular weight excluding hydrogens is 281 g/mol. The molecule has 0 bridgehead atoms. The summed E-state index contributed by atoms with van der Waals surface area (Å²) in [5.74, 6) is 0.971. The molecular formula is C14H13Cl2N3. The van der Waals surface area contributed by atoms with Crippen molar-refractivity contribution >= 4 is 40.5 Å². The number of hydrogen-bond donors (Lipinski definition) is 1. The molecule has 98 valence electrons. The number of aromatic nitrogens is 1. The number of nitrogen functional groups attached to an aromatic ring is 1. The molecule has 0 spiro atoms. The predicted octanol–water partition coefficient (Wildman–Crippen LogP) is 4.05. The zero-order chi connectivity index (χ0) is 13.6. The molecule has 1 atom stereocenters. The van der Waals surface area contributed by atoms with Gasteiger partial charge in [0.15, 0.2) is 5.82 Å². The van der Waals surface area contributed by atoms with Gasteiger partial charge < -0.3 is 10.6 Å². The maximum Gasteiger partial charge on any atom is 0.154 e. The van der Waals surface area contributed by atoms with Crippen molar-refractivity contribution in [1.82, 2.24) is 4.98 Å². The minimum atomic E-state index is 0.294. The fraction of sp³-hybridized carbons (Fsp3) is 0.214. The van der Waals surface area contributed by atoms with Crippen LogP contribution in [0.1, 0.15) is 12.5 Å². The number of pyridine rings is 1. The highest BCUT2D eigenvalue weighted by Gasteiger charge is 2.29. The summed E-state index contributed by atoms with van der Waals surface area (Å²) < 4.78 is 0. The third-order valence-electron chi connectivity index (χ3n) is 3.37. The molecule has 1 unspecified atom stereocenters. The fourth-order valence-corrected chi connectivity index (χ4v) is 2.98. The summed E-state index contributed by atoms with van der Waals surface area (Å²) in [5, 5.41) is 0.900. The summed E-state index contributed by atoms with van der Waals surface area (Å²) in [7, 11) is 0. The smallest absolute Gasteiger partial charge is 0.154 e. The Kier molecular flexibility index (Phi) is 3.03. The van der Waals surface area contributed by atoms with Gasteiger partial charge in [-0.3, -0.25) is 0 Å². The van der Waals surface area contributed by atoms with E-state index in [2.05, 4.69) is 28.9 Å². The van der Waals surface area contributed by atoms with Crippen LogP contribution in [-0.4, -0.2) is 11.0 Å². The van der Waals surface area contributed by atoms with Gasteiger partial charge in [-0.15, -0.1) is 0 Å². The fourth-order valence-electron chi connectivity index (χ4n) is 2.53. The van der Waals surface area contributed by atoms with Crippen LogP contribution in [-0.2, 0) is 6.42 Å². The quantitative estimate of drug-likeness (QED) is 0.862. The van der Waals surface area contributed by atoms with Gasteiger partial charge in [-0.25, -0.2) is 4.98 Å². The average molecular weight is 294 g/mol. The number of hydrogen-bond acceptors (Lipinski definition) is 3. The van der Waals surface area contributed by atoms with E-state index in [4.69, 9.17) is 28.9 Å². The average Bonchev–Trinajstić information content (AvgIpc) is 2.70. The summed E-state index contributed by atoms with van der Waals surface area (Å²) in [6.45, 7) is 2.14. The molecule has 2 aromatic rings. The maximum absolute atomic E-state index is 6.27. The minimum absolute atomic E-state index is 0.294. The van der Waals surface area contributed by atoms with Crippen molar-refractivity contribution in [2.75, 3.05) is 10.6 Å². The van der Waals surface area contributed by atoms with Gasteiger partial charge >= 0.3 is 0 Å². The monoisotopic (exact) mass is 293 g/mol. The van der Waals surface area contributed by atoms with Crippen LogP contribution >= 0.6 is 23.2 Å². The zero-order valence-electron chi connectivity index (χ0n) is 10.4. The number of nitrogens with zero attached hydrogens (tertiary/aromatic N) is 2. The van der Waals surface area contributed by atoms with E-state index < -0.39 is 0 Å². The van der Waals surface area contributed by atoms with Gasteiger partial charge in [0.1, 0.15) is 5.82 Å². The molecule has 3 nitrogen and oxygen atoms in total. The van der Waals surface area contributed by atoms with Crippen LogP contribution in [0.25, 0.3) is 0 Å². The second-order valence-electron chi connectivity index (χ2n) is 4.71. The van der Waals surface area contributed by atoms with E-state index in [1.54, 1.807) is 6.07 Å². The molecule has 0 radical (unpaired) electrons. The predicted molar refractivity (Wildman–Crippen MR) is 80.4 cm³/mol. The van der Waals surface area contributed by atoms with E-state index in [0.29, 0.717) is 27.7 Å². The molecule has 5 heteroatoms. The Morgan fingerprint density at radius 2 is 2.00 bits per heavy atom. The van der Waals surface area contributed by atoms with E-state index in [9.17, 15) is 0 Å². The molecule has 3 rings (SSSR count). The van der Waals surface area contributed by atoms with E-state index in [-0.39, 0.29) is 0 Å². The Hall–Kier alpha value is -1.45. The first-order chi connectivity index (χ1) is 9.08. The van der Waals surface area contributed by atoms with Gasteiger partial charge in [0.05, 0.1) is 10.0 Å². The van der Waals surface area contributed by atoms with Crippen LogP contribution in [0.4, 0.5) is 17.3 Å². The van der Waals surface area contributed by atoms with Crippen molar-refractivity contribution in [3.05, 3.63) is 45.9 Å². The first-order valence-corrected chi connectivity index (χ1v) is 6.82. The maximum atomic E-state index is 6.27. The van der Waals surface area contributed by atoms with E-state index >= 15 is 0 Å². The molecule has 0 saturated carbocycles. The van der Waals surface area contributed by atoms with Crippen molar-refractivity contribution in [3.8, 4) is 0 Å². The number of anilines is 3. The lowest BCUT2D eigenvalue weighted by molar-refractivity contribution is 0.751. The zero-order valence-corrected chi connectivity index (χ0v) is 11.9. The van der Waals surface area contributed by atoms with Crippen LogP contribution in [0.2, 0.25) is 10.0 Å². The Morgan fingerprint density at radius 3 is 2.79 bits per heavy atom. The minimum Gasteiger partial charge on any atom is -0.382 e. The normalized spacial score (nSPS) is 17.6. The van der Waals surface area contributed by atoms with Gasteiger partial charge in [-0.05, 0) is 31.0 Å². The molecule has 0 fully saturated rings. The van der Waals surface area contributed by atoms with E-state index in [1.165, 1.54) is 5.56 Å². The largest absolute Gasteiger partial charge is 0.382 e. The molecule has 19 heavy (non-hydrogen) atoms. The van der Waals surface area contributed by atoms with E-state index in [1.807, 2.05) is 12.1 Å². The van der Waals surface area contributed by atoms with Crippen LogP contribution in [0.5, 0.6) is 0 Å². The summed E-state index contributed by atoms with van der Waals surface area (Å²) in [4.78, 5) is 6.46. The number of benzene rings is 1. The van der Waals surface area contributed by atoms with Gasteiger partial charge in [-0.2, -0.15) is 0 Å². The lowest BCUT2D eigenvalue weighted by Crippen LogP contribution is -2.25. The molecule has 0 saturated heterocycles. The van der Waals surface area contributed by atoms with Gasteiger partial charge in [0.2, 0.25) is 0 Å². The van der Waals surface area contributed by atoms with E-state index in [0.717, 1.165) is 12.1 Å². The Balaban J connectivity index is 2.15. The molecule has 1 aromatic heterocycles. The molecule has 0 aliphatic carbocycles. The molecule has 1 aliphatic rings. The Labute approximate surface area is 122 Å². The third-order valence-corrected chi connectivity index (χ3v) is 3.95. The van der Waals surface area contributed by atoms with Crippen molar-refractivity contribution in [2.45, 2.75) is 19.4 Å². The Bertz CT molecular complexity index is 643. The van der Waals surface area contributed by atoms with Gasteiger partial charge in [0.25, 0.3) is 0 Å². The number of rotatable bonds is 1. The van der Waals surface area contributed by atoms with Crippen molar-refractivity contribution in [2.24, 2.45) is 0 Å². The number of para-hydroxylation sites is 1. The topological polar surface area (TPSA) is 42.2 Å². The SMILES string of the molecule is CC1Cc2ccccc2N1c1nc(N)c(Cl)cc1Cl. The number of halogens is 2. The lowest BCUT2D eigenvalue weighted by Gasteiger charge is -2.25. The van der Waals surface area contributed by atoms with Crippen LogP contribution in [0.15, 0.2) is 30.3 Å². The molecule has 2 heterocycles. The van der Waals surface area contributed by atoms with Gasteiger partial charge in [-0.1, -0.05) is 41.4 Å². The number of nitrogens with two attached hydrogens (primary N) is 1. The first kappa shape index (κ1) is 12.6. The van der Waals surface area contributed by atoms with Crippen molar-refractivity contribution in [1.29, 1.82) is 0 Å². The summed E-state index contributed by atoms with van der Waals surface area (Å²) in [5.41, 5.74) is 8.22. The third kappa shape index (κ3) is 2.03. The lowest BCUT2D eigenvalue weighted by atomic mass is 10.1. The highest BCUT2D eigenvalue weighted by molar-refractivity contribution is 6.37. The molecule has 2 N–H and O–H groups in total. The molecule has 1 aromatic carbocycles. The summed E-state index contributed by atoms with van der Waals surface area (Å²) in [6, 6.07) is 10.2. The second kappa shape index (κ2) is 4.58. The Morgan fingerprint density at radius 1 is 1.26 bits per heavy atom. The van der Waals surface area contributed by atoms with Crippen LogP contribution in [0, 0.1) is 0 Å². The highest BCUT2D eigenvalue weighted by Crippen LogP contribution is 2.41. The van der Waals surface area contributed by atoms with Gasteiger partial charge in [0, 0.05) is 11.7 Å². The summed E-state index contributed by atoms with van der Waals surface area (Å²) >= 11 is 12.2. The van der Waals surface area contributed by atoms with Crippen molar-refractivity contribution in [3.63, 3.8) is 0 Å². The summed E-state index contributed by atoms with van der Waals surface area (Å²) in [6.07, 6.45) is 0.969. The number of fused-ring (bicyclic) bond motifs is 1. The molecule has 0 amide bonds. The molecule has 1 aliphatic heterocycles. The van der Waals surface area contributed by atoms with Crippen LogP contribution in [0.3, 0.4) is 0 Å².